The van der Waals surface area contributed by atoms with Gasteiger partial charge in [0.05, 0.1) is 22.5 Å². The van der Waals surface area contributed by atoms with Crippen LogP contribution in [0.2, 0.25) is 10.3 Å². The highest BCUT2D eigenvalue weighted by Crippen LogP contribution is 2.39. The van der Waals surface area contributed by atoms with Gasteiger partial charge in [-0.15, -0.1) is 0 Å². The molecule has 0 aliphatic heterocycles. The van der Waals surface area contributed by atoms with Gasteiger partial charge in [-0.2, -0.15) is 31.4 Å². The third kappa shape index (κ3) is 6.28. The Labute approximate surface area is 233 Å². The Kier molecular flexibility index (Phi) is 7.48. The van der Waals surface area contributed by atoms with Crippen molar-refractivity contribution in [3.05, 3.63) is 81.0 Å². The van der Waals surface area contributed by atoms with Crippen molar-refractivity contribution in [1.29, 1.82) is 0 Å². The lowest BCUT2D eigenvalue weighted by atomic mass is 9.93. The van der Waals surface area contributed by atoms with Crippen LogP contribution in [0.4, 0.5) is 32.2 Å². The van der Waals surface area contributed by atoms with Crippen molar-refractivity contribution >= 4 is 34.9 Å². The molecule has 4 aromatic rings. The van der Waals surface area contributed by atoms with Crippen molar-refractivity contribution in [2.45, 2.75) is 45.5 Å². The summed E-state index contributed by atoms with van der Waals surface area (Å²) >= 11 is 11.7. The Morgan fingerprint density at radius 3 is 1.90 bits per heavy atom. The van der Waals surface area contributed by atoms with E-state index in [1.807, 2.05) is 20.8 Å². The Hall–Kier alpha value is -3.51. The number of carbonyl (C=O) groups is 1. The van der Waals surface area contributed by atoms with Gasteiger partial charge >= 0.3 is 12.4 Å². The predicted molar refractivity (Wildman–Crippen MR) is 137 cm³/mol. The molecule has 0 saturated carbocycles. The zero-order chi connectivity index (χ0) is 29.8. The number of anilines is 1. The standard InChI is InChI=1S/C26H20Cl2F6N4O2/c1-12-17(10-19(40-12)24(2,3)4)18-11-22(36-23(39)13-5-20(27)35-21(28)6-13)38(37-18)16-8-14(25(29,30)31)7-15(9-16)26(32,33)34/h5-11H,1-4H3,(H,36,39). The van der Waals surface area contributed by atoms with Crippen LogP contribution in [0.3, 0.4) is 0 Å². The van der Waals surface area contributed by atoms with E-state index in [-0.39, 0.29) is 33.4 Å². The van der Waals surface area contributed by atoms with Crippen molar-refractivity contribution in [3.63, 3.8) is 0 Å². The SMILES string of the molecule is Cc1oc(C(C)(C)C)cc1-c1cc(NC(=O)c2cc(Cl)nc(Cl)c2)n(-c2cc(C(F)(F)F)cc(C(F)(F)F)c2)n1. The first-order valence-electron chi connectivity index (χ1n) is 11.5. The third-order valence-corrected chi connectivity index (χ3v) is 6.11. The average Bonchev–Trinajstić information content (AvgIpc) is 3.40. The average molecular weight is 605 g/mol. The molecule has 1 aromatic carbocycles. The van der Waals surface area contributed by atoms with Crippen molar-refractivity contribution < 1.29 is 35.6 Å². The van der Waals surface area contributed by atoms with E-state index in [0.717, 1.165) is 4.68 Å². The maximum absolute atomic E-state index is 13.6. The van der Waals surface area contributed by atoms with E-state index < -0.39 is 40.5 Å². The van der Waals surface area contributed by atoms with E-state index in [2.05, 4.69) is 15.4 Å². The first-order valence-corrected chi connectivity index (χ1v) is 12.2. The monoisotopic (exact) mass is 604 g/mol. The first-order chi connectivity index (χ1) is 18.3. The number of pyridine rings is 1. The van der Waals surface area contributed by atoms with Gasteiger partial charge in [0.1, 0.15) is 27.6 Å². The number of nitrogens with zero attached hydrogens (tertiary/aromatic N) is 3. The predicted octanol–water partition coefficient (Wildman–Crippen LogP) is 8.73. The molecular formula is C26H20Cl2F6N4O2. The van der Waals surface area contributed by atoms with E-state index in [4.69, 9.17) is 27.6 Å². The molecule has 0 unspecified atom stereocenters. The highest BCUT2D eigenvalue weighted by Gasteiger charge is 2.37. The van der Waals surface area contributed by atoms with Crippen molar-refractivity contribution in [2.24, 2.45) is 0 Å². The third-order valence-electron chi connectivity index (χ3n) is 5.73. The molecule has 0 aliphatic carbocycles. The minimum atomic E-state index is -5.09. The molecule has 14 heteroatoms. The Bertz CT molecular complexity index is 1550. The van der Waals surface area contributed by atoms with Gasteiger partial charge in [0.2, 0.25) is 0 Å². The minimum absolute atomic E-state index is 0.00294. The number of halogens is 8. The summed E-state index contributed by atoms with van der Waals surface area (Å²) in [5.41, 5.74) is -3.60. The number of carbonyl (C=O) groups excluding carboxylic acids is 1. The molecule has 1 N–H and O–H groups in total. The number of alkyl halides is 6. The minimum Gasteiger partial charge on any atom is -0.465 e. The molecule has 0 bridgehead atoms. The van der Waals surface area contributed by atoms with Gasteiger partial charge in [0.25, 0.3) is 5.91 Å². The number of amides is 1. The molecule has 0 radical (unpaired) electrons. The van der Waals surface area contributed by atoms with Crippen LogP contribution in [0, 0.1) is 6.92 Å². The van der Waals surface area contributed by atoms with Crippen LogP contribution < -0.4 is 5.32 Å². The maximum Gasteiger partial charge on any atom is 0.416 e. The highest BCUT2D eigenvalue weighted by molar-refractivity contribution is 6.33. The molecule has 0 saturated heterocycles. The number of hydrogen-bond donors (Lipinski definition) is 1. The quantitative estimate of drug-likeness (QED) is 0.187. The molecule has 3 heterocycles. The Balaban J connectivity index is 1.92. The number of hydrogen-bond acceptors (Lipinski definition) is 4. The molecule has 0 aliphatic rings. The lowest BCUT2D eigenvalue weighted by Gasteiger charge is -2.15. The molecule has 212 valence electrons. The van der Waals surface area contributed by atoms with E-state index in [1.54, 1.807) is 13.0 Å². The van der Waals surface area contributed by atoms with Crippen LogP contribution in [-0.2, 0) is 17.8 Å². The smallest absolute Gasteiger partial charge is 0.416 e. The molecule has 0 atom stereocenters. The second kappa shape index (κ2) is 10.2. The molecule has 1 amide bonds. The van der Waals surface area contributed by atoms with E-state index in [0.29, 0.717) is 29.2 Å². The summed E-state index contributed by atoms with van der Waals surface area (Å²) in [6.07, 6.45) is -10.2. The normalized spacial score (nSPS) is 12.6. The van der Waals surface area contributed by atoms with Gasteiger partial charge < -0.3 is 9.73 Å². The van der Waals surface area contributed by atoms with Crippen LogP contribution >= 0.6 is 23.2 Å². The van der Waals surface area contributed by atoms with Gasteiger partial charge in [-0.1, -0.05) is 44.0 Å². The topological polar surface area (TPSA) is 73.0 Å². The van der Waals surface area contributed by atoms with Gasteiger partial charge in [-0.3, -0.25) is 4.79 Å². The fraction of sp³-hybridized carbons (Fsp3) is 0.269. The van der Waals surface area contributed by atoms with Gasteiger partial charge in [0.15, 0.2) is 0 Å². The number of aromatic nitrogens is 3. The summed E-state index contributed by atoms with van der Waals surface area (Å²) in [6.45, 7) is 7.32. The second-order valence-electron chi connectivity index (χ2n) is 9.88. The molecule has 4 rings (SSSR count). The maximum atomic E-state index is 13.6. The fourth-order valence-electron chi connectivity index (χ4n) is 3.75. The fourth-order valence-corrected chi connectivity index (χ4v) is 4.21. The largest absolute Gasteiger partial charge is 0.465 e. The van der Waals surface area contributed by atoms with E-state index >= 15 is 0 Å². The number of benzene rings is 1. The second-order valence-corrected chi connectivity index (χ2v) is 10.7. The lowest BCUT2D eigenvalue weighted by molar-refractivity contribution is -0.143. The molecule has 3 aromatic heterocycles. The van der Waals surface area contributed by atoms with Crippen molar-refractivity contribution in [2.75, 3.05) is 5.32 Å². The lowest BCUT2D eigenvalue weighted by Crippen LogP contribution is -2.17. The molecular weight excluding hydrogens is 585 g/mol. The van der Waals surface area contributed by atoms with Gasteiger partial charge in [0, 0.05) is 22.6 Å². The summed E-state index contributed by atoms with van der Waals surface area (Å²) in [5, 5.41) is 6.53. The summed E-state index contributed by atoms with van der Waals surface area (Å²) in [6, 6.07) is 6.36. The van der Waals surface area contributed by atoms with Crippen LogP contribution in [0.1, 0.15) is 53.8 Å². The van der Waals surface area contributed by atoms with E-state index in [9.17, 15) is 31.1 Å². The molecule has 0 fully saturated rings. The zero-order valence-electron chi connectivity index (χ0n) is 21.2. The summed E-state index contributed by atoms with van der Waals surface area (Å²) in [7, 11) is 0. The number of rotatable bonds is 4. The number of furan rings is 1. The first kappa shape index (κ1) is 29.5. The zero-order valence-corrected chi connectivity index (χ0v) is 22.7. The van der Waals surface area contributed by atoms with Crippen LogP contribution in [0.25, 0.3) is 16.9 Å². The van der Waals surface area contributed by atoms with Crippen LogP contribution in [-0.4, -0.2) is 20.7 Å². The van der Waals surface area contributed by atoms with Crippen molar-refractivity contribution in [3.8, 4) is 16.9 Å². The van der Waals surface area contributed by atoms with E-state index in [1.165, 1.54) is 18.2 Å². The summed E-state index contributed by atoms with van der Waals surface area (Å²) in [5.74, 6) is -0.0737. The Morgan fingerprint density at radius 2 is 1.43 bits per heavy atom. The van der Waals surface area contributed by atoms with Crippen LogP contribution in [0.15, 0.2) is 46.9 Å². The summed E-state index contributed by atoms with van der Waals surface area (Å²) < 4.78 is 88.1. The molecule has 40 heavy (non-hydrogen) atoms. The van der Waals surface area contributed by atoms with Crippen LogP contribution in [0.5, 0.6) is 0 Å². The van der Waals surface area contributed by atoms with Gasteiger partial charge in [-0.05, 0) is 43.3 Å². The highest BCUT2D eigenvalue weighted by atomic mass is 35.5. The molecule has 0 spiro atoms. The van der Waals surface area contributed by atoms with Gasteiger partial charge in [-0.25, -0.2) is 9.67 Å². The molecule has 6 nitrogen and oxygen atoms in total. The number of nitrogens with one attached hydrogen (secondary N) is 1. The Morgan fingerprint density at radius 1 is 0.875 bits per heavy atom. The van der Waals surface area contributed by atoms with Crippen molar-refractivity contribution in [1.82, 2.24) is 14.8 Å². The summed E-state index contributed by atoms with van der Waals surface area (Å²) in [4.78, 5) is 16.8. The number of aryl methyl sites for hydroxylation is 1.